The van der Waals surface area contributed by atoms with Crippen molar-refractivity contribution in [3.05, 3.63) is 23.7 Å². The van der Waals surface area contributed by atoms with Crippen LogP contribution in [0.1, 0.15) is 22.5 Å². The Hall–Kier alpha value is -1.34. The van der Waals surface area contributed by atoms with Crippen LogP contribution in [0.25, 0.3) is 0 Å². The lowest BCUT2D eigenvalue weighted by Gasteiger charge is -2.01. The molecule has 1 heterocycles. The third kappa shape index (κ3) is 4.45. The van der Waals surface area contributed by atoms with Gasteiger partial charge in [0.2, 0.25) is 10.0 Å². The number of primary sulfonamides is 1. The summed E-state index contributed by atoms with van der Waals surface area (Å²) in [7, 11) is -3.45. The van der Waals surface area contributed by atoms with Crippen molar-refractivity contribution in [3.63, 3.8) is 0 Å². The SMILES string of the molecule is Cc1cc(C(=O)NCCCS(N)(=O)=O)co1. The van der Waals surface area contributed by atoms with Crippen LogP contribution in [0.2, 0.25) is 0 Å². The standard InChI is InChI=1S/C9H14N2O4S/c1-7-5-8(6-15-7)9(12)11-3-2-4-16(10,13)14/h5-6H,2-4H2,1H3,(H,11,12)(H2,10,13,14). The van der Waals surface area contributed by atoms with E-state index in [9.17, 15) is 13.2 Å². The Bertz CT molecular complexity index is 464. The van der Waals surface area contributed by atoms with Gasteiger partial charge in [-0.25, -0.2) is 13.6 Å². The summed E-state index contributed by atoms with van der Waals surface area (Å²) in [4.78, 5) is 11.4. The van der Waals surface area contributed by atoms with Crippen molar-refractivity contribution in [1.29, 1.82) is 0 Å². The van der Waals surface area contributed by atoms with Crippen molar-refractivity contribution in [2.24, 2.45) is 5.14 Å². The minimum Gasteiger partial charge on any atom is -0.469 e. The molecular formula is C9H14N2O4S. The molecule has 0 aliphatic rings. The molecule has 16 heavy (non-hydrogen) atoms. The summed E-state index contributed by atoms with van der Waals surface area (Å²) in [5, 5.41) is 7.38. The lowest BCUT2D eigenvalue weighted by molar-refractivity contribution is 0.0953. The molecule has 1 rings (SSSR count). The number of hydrogen-bond acceptors (Lipinski definition) is 4. The van der Waals surface area contributed by atoms with E-state index in [1.54, 1.807) is 13.0 Å². The molecule has 3 N–H and O–H groups in total. The third-order valence-electron chi connectivity index (χ3n) is 1.88. The Morgan fingerprint density at radius 2 is 2.25 bits per heavy atom. The molecule has 0 aliphatic carbocycles. The summed E-state index contributed by atoms with van der Waals surface area (Å²) in [5.74, 6) is 0.221. The number of sulfonamides is 1. The minimum absolute atomic E-state index is 0.141. The number of amides is 1. The lowest BCUT2D eigenvalue weighted by atomic mass is 10.3. The van der Waals surface area contributed by atoms with Crippen LogP contribution >= 0.6 is 0 Å². The number of rotatable bonds is 5. The molecule has 7 heteroatoms. The predicted octanol–water partition coefficient (Wildman–Crippen LogP) is -0.00358. The normalized spacial score (nSPS) is 11.4. The molecule has 0 bridgehead atoms. The zero-order valence-corrected chi connectivity index (χ0v) is 9.71. The molecule has 0 aromatic carbocycles. The number of nitrogens with two attached hydrogens (primary N) is 1. The number of nitrogens with one attached hydrogen (secondary N) is 1. The molecule has 0 saturated heterocycles. The zero-order chi connectivity index (χ0) is 12.2. The Kier molecular flexibility index (Phi) is 4.08. The van der Waals surface area contributed by atoms with E-state index in [1.165, 1.54) is 6.26 Å². The van der Waals surface area contributed by atoms with Gasteiger partial charge in [0.1, 0.15) is 12.0 Å². The van der Waals surface area contributed by atoms with Crippen LogP contribution in [0.3, 0.4) is 0 Å². The predicted molar refractivity (Wildman–Crippen MR) is 58.4 cm³/mol. The second-order valence-electron chi connectivity index (χ2n) is 3.42. The quantitative estimate of drug-likeness (QED) is 0.713. The van der Waals surface area contributed by atoms with Gasteiger partial charge in [0, 0.05) is 6.54 Å². The average Bonchev–Trinajstić information content (AvgIpc) is 2.57. The molecule has 6 nitrogen and oxygen atoms in total. The fraction of sp³-hybridized carbons (Fsp3) is 0.444. The van der Waals surface area contributed by atoms with Gasteiger partial charge in [-0.3, -0.25) is 4.79 Å². The molecule has 0 saturated carbocycles. The molecule has 0 unspecified atom stereocenters. The molecule has 90 valence electrons. The number of aryl methyl sites for hydroxylation is 1. The van der Waals surface area contributed by atoms with Crippen LogP contribution in [0.4, 0.5) is 0 Å². The van der Waals surface area contributed by atoms with Crippen LogP contribution in [0.5, 0.6) is 0 Å². The number of carbonyl (C=O) groups excluding carboxylic acids is 1. The van der Waals surface area contributed by atoms with Crippen molar-refractivity contribution < 1.29 is 17.6 Å². The van der Waals surface area contributed by atoms with Crippen molar-refractivity contribution in [3.8, 4) is 0 Å². The number of furan rings is 1. The largest absolute Gasteiger partial charge is 0.469 e. The van der Waals surface area contributed by atoms with Crippen molar-refractivity contribution in [2.75, 3.05) is 12.3 Å². The molecule has 0 aliphatic heterocycles. The fourth-order valence-corrected chi connectivity index (χ4v) is 1.69. The van der Waals surface area contributed by atoms with Gasteiger partial charge >= 0.3 is 0 Å². The summed E-state index contributed by atoms with van der Waals surface area (Å²) < 4.78 is 26.2. The van der Waals surface area contributed by atoms with E-state index < -0.39 is 10.0 Å². The Labute approximate surface area is 93.9 Å². The number of hydrogen-bond donors (Lipinski definition) is 2. The first-order chi connectivity index (χ1) is 7.38. The highest BCUT2D eigenvalue weighted by Gasteiger charge is 2.08. The van der Waals surface area contributed by atoms with Gasteiger partial charge in [-0.05, 0) is 19.4 Å². The summed E-state index contributed by atoms with van der Waals surface area (Å²) in [6.45, 7) is 2.00. The Balaban J connectivity index is 2.31. The second-order valence-corrected chi connectivity index (χ2v) is 5.16. The van der Waals surface area contributed by atoms with Gasteiger partial charge in [-0.15, -0.1) is 0 Å². The summed E-state index contributed by atoms with van der Waals surface area (Å²) in [6.07, 6.45) is 1.64. The summed E-state index contributed by atoms with van der Waals surface area (Å²) in [6, 6.07) is 1.61. The van der Waals surface area contributed by atoms with Crippen LogP contribution in [0, 0.1) is 6.92 Å². The molecule has 1 aromatic heterocycles. The maximum atomic E-state index is 11.4. The monoisotopic (exact) mass is 246 g/mol. The minimum atomic E-state index is -3.45. The van der Waals surface area contributed by atoms with Crippen molar-refractivity contribution in [2.45, 2.75) is 13.3 Å². The highest BCUT2D eigenvalue weighted by atomic mass is 32.2. The number of carbonyl (C=O) groups is 1. The topological polar surface area (TPSA) is 102 Å². The van der Waals surface area contributed by atoms with E-state index in [0.29, 0.717) is 17.7 Å². The van der Waals surface area contributed by atoms with Gasteiger partial charge in [-0.2, -0.15) is 0 Å². The third-order valence-corrected chi connectivity index (χ3v) is 2.74. The highest BCUT2D eigenvalue weighted by Crippen LogP contribution is 2.05. The zero-order valence-electron chi connectivity index (χ0n) is 8.89. The van der Waals surface area contributed by atoms with Crippen molar-refractivity contribution in [1.82, 2.24) is 5.32 Å². The lowest BCUT2D eigenvalue weighted by Crippen LogP contribution is -2.27. The van der Waals surface area contributed by atoms with E-state index in [1.807, 2.05) is 0 Å². The Morgan fingerprint density at radius 1 is 1.56 bits per heavy atom. The van der Waals surface area contributed by atoms with Gasteiger partial charge in [0.25, 0.3) is 5.91 Å². The molecule has 0 spiro atoms. The smallest absolute Gasteiger partial charge is 0.254 e. The maximum absolute atomic E-state index is 11.4. The van der Waals surface area contributed by atoms with Crippen LogP contribution in [-0.2, 0) is 10.0 Å². The summed E-state index contributed by atoms with van der Waals surface area (Å²) >= 11 is 0. The Morgan fingerprint density at radius 3 is 2.75 bits per heavy atom. The first-order valence-corrected chi connectivity index (χ1v) is 6.44. The molecule has 0 atom stereocenters. The molecule has 1 amide bonds. The highest BCUT2D eigenvalue weighted by molar-refractivity contribution is 7.89. The average molecular weight is 246 g/mol. The van der Waals surface area contributed by atoms with E-state index in [4.69, 9.17) is 9.56 Å². The van der Waals surface area contributed by atoms with Gasteiger partial charge in [-0.1, -0.05) is 0 Å². The van der Waals surface area contributed by atoms with Gasteiger partial charge in [0.15, 0.2) is 0 Å². The van der Waals surface area contributed by atoms with E-state index in [2.05, 4.69) is 5.32 Å². The molecule has 1 aromatic rings. The van der Waals surface area contributed by atoms with Crippen LogP contribution in [-0.4, -0.2) is 26.6 Å². The molecule has 0 fully saturated rings. The van der Waals surface area contributed by atoms with Gasteiger partial charge in [0.05, 0.1) is 11.3 Å². The first kappa shape index (κ1) is 12.7. The van der Waals surface area contributed by atoms with Crippen molar-refractivity contribution >= 4 is 15.9 Å². The van der Waals surface area contributed by atoms with Gasteiger partial charge < -0.3 is 9.73 Å². The van der Waals surface area contributed by atoms with E-state index in [0.717, 1.165) is 0 Å². The maximum Gasteiger partial charge on any atom is 0.254 e. The summed E-state index contributed by atoms with van der Waals surface area (Å²) in [5.41, 5.74) is 0.424. The first-order valence-electron chi connectivity index (χ1n) is 4.72. The molecule has 0 radical (unpaired) electrons. The van der Waals surface area contributed by atoms with Crippen LogP contribution < -0.4 is 10.5 Å². The van der Waals surface area contributed by atoms with Crippen LogP contribution in [0.15, 0.2) is 16.7 Å². The van der Waals surface area contributed by atoms with E-state index in [-0.39, 0.29) is 18.2 Å². The second kappa shape index (κ2) is 5.13. The fourth-order valence-electron chi connectivity index (χ4n) is 1.14. The van der Waals surface area contributed by atoms with E-state index >= 15 is 0 Å². The molecular weight excluding hydrogens is 232 g/mol.